The molecule has 0 aromatic heterocycles. The number of fused-ring (bicyclic) bond motifs is 1. The highest BCUT2D eigenvalue weighted by Gasteiger charge is 2.44. The van der Waals surface area contributed by atoms with Crippen LogP contribution in [0.1, 0.15) is 44.9 Å². The topological polar surface area (TPSA) is 58.7 Å². The summed E-state index contributed by atoms with van der Waals surface area (Å²) in [6.07, 6.45) is 7.96. The molecule has 0 radical (unpaired) electrons. The van der Waals surface area contributed by atoms with Crippen LogP contribution in [-0.4, -0.2) is 55.0 Å². The molecule has 3 atom stereocenters. The molecular formula is C16H30N2O2. The summed E-state index contributed by atoms with van der Waals surface area (Å²) in [4.78, 5) is 2.55. The van der Waals surface area contributed by atoms with Crippen LogP contribution in [0, 0.1) is 11.3 Å². The molecule has 2 saturated heterocycles. The summed E-state index contributed by atoms with van der Waals surface area (Å²) in [5, 5.41) is 10.8. The van der Waals surface area contributed by atoms with E-state index in [2.05, 4.69) is 4.90 Å². The van der Waals surface area contributed by atoms with Gasteiger partial charge in [0.05, 0.1) is 12.2 Å². The number of ether oxygens (including phenoxy) is 1. The molecule has 0 bridgehead atoms. The number of likely N-dealkylation sites (tertiary alicyclic amines) is 1. The van der Waals surface area contributed by atoms with Crippen molar-refractivity contribution in [1.29, 1.82) is 0 Å². The third-order valence-electron chi connectivity index (χ3n) is 5.91. The predicted molar refractivity (Wildman–Crippen MR) is 79.5 cm³/mol. The highest BCUT2D eigenvalue weighted by molar-refractivity contribution is 4.97. The summed E-state index contributed by atoms with van der Waals surface area (Å²) in [7, 11) is 0. The molecule has 3 aliphatic rings. The van der Waals surface area contributed by atoms with Gasteiger partial charge in [-0.25, -0.2) is 0 Å². The highest BCUT2D eigenvalue weighted by Crippen LogP contribution is 2.41. The number of nitrogens with zero attached hydrogens (tertiary/aromatic N) is 1. The first-order chi connectivity index (χ1) is 9.66. The van der Waals surface area contributed by atoms with Crippen molar-refractivity contribution in [3.05, 3.63) is 0 Å². The highest BCUT2D eigenvalue weighted by atomic mass is 16.5. The smallest absolute Gasteiger partial charge is 0.0700 e. The van der Waals surface area contributed by atoms with Gasteiger partial charge in [0, 0.05) is 44.1 Å². The summed E-state index contributed by atoms with van der Waals surface area (Å²) >= 11 is 0. The van der Waals surface area contributed by atoms with E-state index in [-0.39, 0.29) is 11.0 Å². The lowest BCUT2D eigenvalue weighted by atomic mass is 9.70. The second kappa shape index (κ2) is 5.91. The molecule has 4 heteroatoms. The molecule has 4 nitrogen and oxygen atoms in total. The van der Waals surface area contributed by atoms with Crippen LogP contribution in [0.5, 0.6) is 0 Å². The van der Waals surface area contributed by atoms with Crippen LogP contribution in [0.4, 0.5) is 0 Å². The van der Waals surface area contributed by atoms with Gasteiger partial charge in [0.25, 0.3) is 0 Å². The van der Waals surface area contributed by atoms with E-state index in [0.29, 0.717) is 5.92 Å². The first-order valence-electron chi connectivity index (χ1n) is 8.38. The van der Waals surface area contributed by atoms with Gasteiger partial charge in [-0.15, -0.1) is 0 Å². The lowest BCUT2D eigenvalue weighted by molar-refractivity contribution is -0.107. The quantitative estimate of drug-likeness (QED) is 0.821. The van der Waals surface area contributed by atoms with Gasteiger partial charge in [0.1, 0.15) is 0 Å². The number of hydrogen-bond donors (Lipinski definition) is 2. The van der Waals surface area contributed by atoms with E-state index in [1.807, 2.05) is 0 Å². The number of nitrogens with two attached hydrogens (primary N) is 1. The number of rotatable bonds is 3. The van der Waals surface area contributed by atoms with Crippen LogP contribution < -0.4 is 5.73 Å². The van der Waals surface area contributed by atoms with E-state index >= 15 is 0 Å². The monoisotopic (exact) mass is 282 g/mol. The zero-order chi connectivity index (χ0) is 14.1. The second-order valence-electron chi connectivity index (χ2n) is 7.39. The minimum absolute atomic E-state index is 0.155. The van der Waals surface area contributed by atoms with Gasteiger partial charge in [-0.3, -0.25) is 0 Å². The molecule has 2 aliphatic heterocycles. The van der Waals surface area contributed by atoms with Gasteiger partial charge in [0.15, 0.2) is 0 Å². The maximum atomic E-state index is 10.8. The van der Waals surface area contributed by atoms with Crippen LogP contribution in [-0.2, 0) is 4.74 Å². The predicted octanol–water partition coefficient (Wildman–Crippen LogP) is 1.37. The summed E-state index contributed by atoms with van der Waals surface area (Å²) < 4.78 is 5.69. The zero-order valence-corrected chi connectivity index (χ0v) is 12.6. The van der Waals surface area contributed by atoms with Crippen LogP contribution in [0.15, 0.2) is 0 Å². The minimum Gasteiger partial charge on any atom is -0.390 e. The first-order valence-corrected chi connectivity index (χ1v) is 8.38. The zero-order valence-electron chi connectivity index (χ0n) is 12.6. The number of hydrogen-bond acceptors (Lipinski definition) is 4. The fourth-order valence-corrected chi connectivity index (χ4v) is 4.52. The summed E-state index contributed by atoms with van der Waals surface area (Å²) in [6.45, 7) is 5.56. The van der Waals surface area contributed by atoms with E-state index in [1.54, 1.807) is 0 Å². The van der Waals surface area contributed by atoms with Crippen molar-refractivity contribution in [3.8, 4) is 0 Å². The molecule has 3 rings (SSSR count). The molecule has 1 saturated carbocycles. The van der Waals surface area contributed by atoms with E-state index < -0.39 is 0 Å². The standard InChI is InChI=1S/C16H30N2O2/c17-11-15(5-3-9-20-13-15)12-18-8-7-16(19)6-2-1-4-14(16)10-18/h14,19H,1-13,17H2. The Morgan fingerprint density at radius 2 is 2.10 bits per heavy atom. The normalized spacial score (nSPS) is 43.2. The third-order valence-corrected chi connectivity index (χ3v) is 5.91. The molecular weight excluding hydrogens is 252 g/mol. The molecule has 20 heavy (non-hydrogen) atoms. The average Bonchev–Trinajstić information content (AvgIpc) is 2.48. The lowest BCUT2D eigenvalue weighted by Gasteiger charge is -2.50. The van der Waals surface area contributed by atoms with Crippen LogP contribution in [0.25, 0.3) is 0 Å². The van der Waals surface area contributed by atoms with E-state index in [9.17, 15) is 5.11 Å². The van der Waals surface area contributed by atoms with Crippen molar-refractivity contribution in [3.63, 3.8) is 0 Å². The maximum Gasteiger partial charge on any atom is 0.0700 e. The van der Waals surface area contributed by atoms with Gasteiger partial charge in [-0.2, -0.15) is 0 Å². The Kier molecular flexibility index (Phi) is 4.37. The molecule has 0 aromatic rings. The largest absolute Gasteiger partial charge is 0.390 e. The van der Waals surface area contributed by atoms with Gasteiger partial charge in [-0.05, 0) is 32.1 Å². The van der Waals surface area contributed by atoms with Crippen LogP contribution in [0.3, 0.4) is 0 Å². The number of piperidine rings is 1. The Morgan fingerprint density at radius 3 is 2.85 bits per heavy atom. The molecule has 116 valence electrons. The van der Waals surface area contributed by atoms with Gasteiger partial charge < -0.3 is 20.5 Å². The Morgan fingerprint density at radius 1 is 1.20 bits per heavy atom. The molecule has 3 fully saturated rings. The van der Waals surface area contributed by atoms with E-state index in [4.69, 9.17) is 10.5 Å². The maximum absolute atomic E-state index is 10.8. The molecule has 3 N–H and O–H groups in total. The molecule has 0 amide bonds. The van der Waals surface area contributed by atoms with Crippen molar-refractivity contribution in [2.45, 2.75) is 50.5 Å². The molecule has 0 aromatic carbocycles. The van der Waals surface area contributed by atoms with Gasteiger partial charge in [-0.1, -0.05) is 12.8 Å². The molecule has 3 unspecified atom stereocenters. The first kappa shape index (κ1) is 14.8. The molecule has 2 heterocycles. The van der Waals surface area contributed by atoms with Crippen molar-refractivity contribution < 1.29 is 9.84 Å². The molecule has 1 aliphatic carbocycles. The summed E-state index contributed by atoms with van der Waals surface area (Å²) in [5.41, 5.74) is 5.84. The average molecular weight is 282 g/mol. The van der Waals surface area contributed by atoms with Crippen molar-refractivity contribution >= 4 is 0 Å². The van der Waals surface area contributed by atoms with E-state index in [0.717, 1.165) is 58.7 Å². The van der Waals surface area contributed by atoms with Crippen LogP contribution in [0.2, 0.25) is 0 Å². The second-order valence-corrected chi connectivity index (χ2v) is 7.39. The number of aliphatic hydroxyl groups is 1. The fourth-order valence-electron chi connectivity index (χ4n) is 4.52. The van der Waals surface area contributed by atoms with Gasteiger partial charge in [0.2, 0.25) is 0 Å². The summed E-state index contributed by atoms with van der Waals surface area (Å²) in [6, 6.07) is 0. The minimum atomic E-state index is -0.367. The fraction of sp³-hybridized carbons (Fsp3) is 1.00. The Hall–Kier alpha value is -0.160. The lowest BCUT2D eigenvalue weighted by Crippen LogP contribution is -2.57. The van der Waals surface area contributed by atoms with Crippen molar-refractivity contribution in [1.82, 2.24) is 4.90 Å². The third kappa shape index (κ3) is 2.89. The Bertz CT molecular complexity index is 330. The van der Waals surface area contributed by atoms with Crippen molar-refractivity contribution in [2.75, 3.05) is 39.4 Å². The Balaban J connectivity index is 1.61. The Labute approximate surface area is 122 Å². The van der Waals surface area contributed by atoms with Crippen LogP contribution >= 0.6 is 0 Å². The summed E-state index contributed by atoms with van der Waals surface area (Å²) in [5.74, 6) is 0.476. The molecule has 0 spiro atoms. The van der Waals surface area contributed by atoms with E-state index in [1.165, 1.54) is 25.7 Å². The SMILES string of the molecule is NCC1(CN2CCC3(O)CCCCC3C2)CCCOC1. The van der Waals surface area contributed by atoms with Gasteiger partial charge >= 0.3 is 0 Å². The van der Waals surface area contributed by atoms with Crippen molar-refractivity contribution in [2.24, 2.45) is 17.1 Å².